The SMILES string of the molecule is COc1ccc2c(c1)c(CC(=O)OCCC1CC(c3ccc(Br)cc3)=NO1)c(C)n2C(=O)c1ccc(Cl)cc1. The third-order valence-corrected chi connectivity index (χ3v) is 7.55. The van der Waals surface area contributed by atoms with E-state index >= 15 is 0 Å². The Hall–Kier alpha value is -3.62. The highest BCUT2D eigenvalue weighted by Gasteiger charge is 2.24. The first-order valence-corrected chi connectivity index (χ1v) is 13.6. The monoisotopic (exact) mass is 608 g/mol. The van der Waals surface area contributed by atoms with Gasteiger partial charge >= 0.3 is 5.97 Å². The number of aromatic nitrogens is 1. The van der Waals surface area contributed by atoms with Crippen molar-refractivity contribution in [3.63, 3.8) is 0 Å². The summed E-state index contributed by atoms with van der Waals surface area (Å²) >= 11 is 9.44. The van der Waals surface area contributed by atoms with Gasteiger partial charge in [0, 0.05) is 39.0 Å². The summed E-state index contributed by atoms with van der Waals surface area (Å²) in [7, 11) is 1.58. The molecule has 200 valence electrons. The van der Waals surface area contributed by atoms with E-state index in [2.05, 4.69) is 21.1 Å². The summed E-state index contributed by atoms with van der Waals surface area (Å²) in [5, 5.41) is 5.51. The Kier molecular flexibility index (Phi) is 8.04. The molecule has 0 fully saturated rings. The van der Waals surface area contributed by atoms with Gasteiger partial charge in [-0.1, -0.05) is 44.8 Å². The maximum atomic E-state index is 13.5. The van der Waals surface area contributed by atoms with Gasteiger partial charge in [0.25, 0.3) is 5.91 Å². The smallest absolute Gasteiger partial charge is 0.310 e. The minimum atomic E-state index is -0.383. The van der Waals surface area contributed by atoms with Gasteiger partial charge in [-0.15, -0.1) is 0 Å². The maximum absolute atomic E-state index is 13.5. The van der Waals surface area contributed by atoms with E-state index in [-0.39, 0.29) is 31.0 Å². The van der Waals surface area contributed by atoms with Crippen LogP contribution in [0.5, 0.6) is 5.75 Å². The summed E-state index contributed by atoms with van der Waals surface area (Å²) in [5.74, 6) is 0.0399. The lowest BCUT2D eigenvalue weighted by atomic mass is 10.0. The van der Waals surface area contributed by atoms with Crippen LogP contribution >= 0.6 is 27.5 Å². The number of oxime groups is 1. The molecular weight excluding hydrogens is 584 g/mol. The molecule has 4 aromatic rings. The standard InChI is InChI=1S/C30H26BrClN2O5/c1-18-25(17-29(35)38-14-13-24-16-27(33-39-24)19-3-7-21(31)8-4-19)26-15-23(37-2)11-12-28(26)34(18)30(36)20-5-9-22(32)10-6-20/h3-12,15,24H,13-14,16-17H2,1-2H3. The van der Waals surface area contributed by atoms with Crippen LogP contribution in [0, 0.1) is 6.92 Å². The van der Waals surface area contributed by atoms with Crippen molar-refractivity contribution in [1.82, 2.24) is 4.57 Å². The second-order valence-electron chi connectivity index (χ2n) is 9.26. The van der Waals surface area contributed by atoms with Crippen LogP contribution in [0.1, 0.15) is 40.0 Å². The quantitative estimate of drug-likeness (QED) is 0.207. The molecule has 1 atom stereocenters. The second kappa shape index (κ2) is 11.6. The number of ether oxygens (including phenoxy) is 2. The zero-order valence-corrected chi connectivity index (χ0v) is 23.8. The van der Waals surface area contributed by atoms with Gasteiger partial charge in [-0.2, -0.15) is 0 Å². The normalized spacial score (nSPS) is 14.7. The van der Waals surface area contributed by atoms with Crippen molar-refractivity contribution in [3.8, 4) is 5.75 Å². The molecule has 2 heterocycles. The van der Waals surface area contributed by atoms with E-state index in [1.54, 1.807) is 42.0 Å². The van der Waals surface area contributed by atoms with Crippen LogP contribution in [0.4, 0.5) is 0 Å². The number of halogens is 2. The van der Waals surface area contributed by atoms with E-state index in [0.717, 1.165) is 21.1 Å². The molecule has 1 aliphatic heterocycles. The van der Waals surface area contributed by atoms with E-state index in [4.69, 9.17) is 25.9 Å². The molecule has 0 spiro atoms. The Morgan fingerprint density at radius 1 is 1.10 bits per heavy atom. The van der Waals surface area contributed by atoms with Gasteiger partial charge in [0.05, 0.1) is 31.4 Å². The van der Waals surface area contributed by atoms with E-state index in [1.165, 1.54) is 0 Å². The summed E-state index contributed by atoms with van der Waals surface area (Å²) in [5.41, 5.74) is 4.45. The minimum absolute atomic E-state index is 0.0164. The molecule has 0 N–H and O–H groups in total. The molecule has 0 aliphatic carbocycles. The highest BCUT2D eigenvalue weighted by molar-refractivity contribution is 9.10. The number of nitrogens with zero attached hydrogens (tertiary/aromatic N) is 2. The van der Waals surface area contributed by atoms with Crippen LogP contribution < -0.4 is 4.74 Å². The van der Waals surface area contributed by atoms with Crippen LogP contribution in [0.25, 0.3) is 10.9 Å². The Balaban J connectivity index is 1.27. The Morgan fingerprint density at radius 3 is 2.56 bits per heavy atom. The first-order valence-electron chi connectivity index (χ1n) is 12.5. The lowest BCUT2D eigenvalue weighted by molar-refractivity contribution is -0.143. The molecule has 0 amide bonds. The minimum Gasteiger partial charge on any atom is -0.497 e. The summed E-state index contributed by atoms with van der Waals surface area (Å²) in [4.78, 5) is 31.9. The van der Waals surface area contributed by atoms with Crippen molar-refractivity contribution in [2.75, 3.05) is 13.7 Å². The number of carbonyl (C=O) groups is 2. The lowest BCUT2D eigenvalue weighted by Gasteiger charge is -2.10. The van der Waals surface area contributed by atoms with Crippen LogP contribution in [-0.2, 0) is 20.8 Å². The molecule has 3 aromatic carbocycles. The molecule has 1 aromatic heterocycles. The highest BCUT2D eigenvalue weighted by Crippen LogP contribution is 2.31. The molecule has 1 aliphatic rings. The molecule has 0 bridgehead atoms. The fourth-order valence-corrected chi connectivity index (χ4v) is 5.08. The first kappa shape index (κ1) is 27.0. The van der Waals surface area contributed by atoms with Crippen molar-refractivity contribution in [3.05, 3.63) is 98.6 Å². The van der Waals surface area contributed by atoms with Gasteiger partial charge in [0.2, 0.25) is 0 Å². The number of carbonyl (C=O) groups excluding carboxylic acids is 2. The zero-order valence-electron chi connectivity index (χ0n) is 21.4. The van der Waals surface area contributed by atoms with Crippen molar-refractivity contribution in [1.29, 1.82) is 0 Å². The maximum Gasteiger partial charge on any atom is 0.310 e. The highest BCUT2D eigenvalue weighted by atomic mass is 79.9. The molecule has 39 heavy (non-hydrogen) atoms. The van der Waals surface area contributed by atoms with Crippen LogP contribution in [0.3, 0.4) is 0 Å². The Labute approximate surface area is 239 Å². The average molecular weight is 610 g/mol. The largest absolute Gasteiger partial charge is 0.497 e. The molecular formula is C30H26BrClN2O5. The third kappa shape index (κ3) is 5.87. The third-order valence-electron chi connectivity index (χ3n) is 6.77. The molecule has 1 unspecified atom stereocenters. The van der Waals surface area contributed by atoms with Crippen molar-refractivity contribution >= 4 is 56.0 Å². The van der Waals surface area contributed by atoms with Crippen LogP contribution in [0.2, 0.25) is 5.02 Å². The van der Waals surface area contributed by atoms with E-state index in [1.807, 2.05) is 43.3 Å². The molecule has 0 saturated carbocycles. The zero-order chi connectivity index (χ0) is 27.5. The number of esters is 1. The number of rotatable bonds is 8. The predicted molar refractivity (Wildman–Crippen MR) is 154 cm³/mol. The number of fused-ring (bicyclic) bond motifs is 1. The van der Waals surface area contributed by atoms with E-state index in [0.29, 0.717) is 46.0 Å². The summed E-state index contributed by atoms with van der Waals surface area (Å²) in [6.45, 7) is 2.04. The fraction of sp³-hybridized carbons (Fsp3) is 0.233. The van der Waals surface area contributed by atoms with E-state index < -0.39 is 0 Å². The van der Waals surface area contributed by atoms with Crippen molar-refractivity contribution in [2.45, 2.75) is 32.3 Å². The summed E-state index contributed by atoms with van der Waals surface area (Å²) in [6, 6.07) is 20.1. The predicted octanol–water partition coefficient (Wildman–Crippen LogP) is 6.73. The van der Waals surface area contributed by atoms with Crippen LogP contribution in [0.15, 0.2) is 76.4 Å². The van der Waals surface area contributed by atoms with Gasteiger partial charge < -0.3 is 14.3 Å². The first-order chi connectivity index (χ1) is 18.8. The average Bonchev–Trinajstić information content (AvgIpc) is 3.51. The number of hydrogen-bond donors (Lipinski definition) is 0. The van der Waals surface area contributed by atoms with E-state index in [9.17, 15) is 9.59 Å². The van der Waals surface area contributed by atoms with Crippen LogP contribution in [-0.4, -0.2) is 42.0 Å². The second-order valence-corrected chi connectivity index (χ2v) is 10.6. The van der Waals surface area contributed by atoms with Gasteiger partial charge in [0.15, 0.2) is 0 Å². The lowest BCUT2D eigenvalue weighted by Crippen LogP contribution is -2.16. The molecule has 7 nitrogen and oxygen atoms in total. The fourth-order valence-electron chi connectivity index (χ4n) is 4.69. The molecule has 0 radical (unpaired) electrons. The van der Waals surface area contributed by atoms with Crippen molar-refractivity contribution < 1.29 is 23.9 Å². The number of hydrogen-bond acceptors (Lipinski definition) is 6. The Bertz CT molecular complexity index is 1560. The number of methoxy groups -OCH3 is 1. The molecule has 5 rings (SSSR count). The van der Waals surface area contributed by atoms with Gasteiger partial charge in [0.1, 0.15) is 11.9 Å². The topological polar surface area (TPSA) is 79.1 Å². The number of benzene rings is 3. The van der Waals surface area contributed by atoms with Gasteiger partial charge in [-0.3, -0.25) is 14.2 Å². The summed E-state index contributed by atoms with van der Waals surface area (Å²) in [6.07, 6.45) is 1.04. The summed E-state index contributed by atoms with van der Waals surface area (Å²) < 4.78 is 13.6. The van der Waals surface area contributed by atoms with Gasteiger partial charge in [-0.05, 0) is 72.6 Å². The van der Waals surface area contributed by atoms with Crippen molar-refractivity contribution in [2.24, 2.45) is 5.16 Å². The Morgan fingerprint density at radius 2 is 1.85 bits per heavy atom. The molecule has 9 heteroatoms. The van der Waals surface area contributed by atoms with Gasteiger partial charge in [-0.25, -0.2) is 0 Å². The molecule has 0 saturated heterocycles.